The Kier molecular flexibility index (Phi) is 4.20. The maximum atomic E-state index is 11.1. The Morgan fingerprint density at radius 3 is 3.00 bits per heavy atom. The predicted octanol–water partition coefficient (Wildman–Crippen LogP) is 1.95. The normalized spacial score (nSPS) is 18.7. The molecule has 1 fully saturated rings. The van der Waals surface area contributed by atoms with E-state index in [1.807, 2.05) is 18.2 Å². The quantitative estimate of drug-likeness (QED) is 0.856. The summed E-state index contributed by atoms with van der Waals surface area (Å²) in [5, 5.41) is 6.28. The molecule has 2 rings (SSSR count). The SMILES string of the molecule is COc1ccc(NC(C)=O)cc1CC1CCCN1. The molecule has 0 bridgehead atoms. The molecular weight excluding hydrogens is 228 g/mol. The Hall–Kier alpha value is -1.55. The first-order chi connectivity index (χ1) is 8.69. The smallest absolute Gasteiger partial charge is 0.221 e. The van der Waals surface area contributed by atoms with Gasteiger partial charge in [-0.05, 0) is 49.6 Å². The minimum atomic E-state index is -0.0508. The highest BCUT2D eigenvalue weighted by molar-refractivity contribution is 5.88. The summed E-state index contributed by atoms with van der Waals surface area (Å²) in [6.45, 7) is 2.61. The van der Waals surface area contributed by atoms with Crippen LogP contribution in [0.2, 0.25) is 0 Å². The van der Waals surface area contributed by atoms with Crippen LogP contribution in [0.3, 0.4) is 0 Å². The van der Waals surface area contributed by atoms with Gasteiger partial charge in [-0.1, -0.05) is 0 Å². The zero-order valence-corrected chi connectivity index (χ0v) is 11.0. The van der Waals surface area contributed by atoms with Crippen LogP contribution in [-0.2, 0) is 11.2 Å². The maximum Gasteiger partial charge on any atom is 0.221 e. The zero-order valence-electron chi connectivity index (χ0n) is 11.0. The van der Waals surface area contributed by atoms with E-state index < -0.39 is 0 Å². The fourth-order valence-electron chi connectivity index (χ4n) is 2.42. The van der Waals surface area contributed by atoms with Gasteiger partial charge in [0.05, 0.1) is 7.11 Å². The molecule has 4 heteroatoms. The van der Waals surface area contributed by atoms with Crippen LogP contribution in [0.25, 0.3) is 0 Å². The van der Waals surface area contributed by atoms with Crippen LogP contribution in [-0.4, -0.2) is 25.6 Å². The zero-order chi connectivity index (χ0) is 13.0. The third kappa shape index (κ3) is 3.23. The molecule has 0 aliphatic carbocycles. The van der Waals surface area contributed by atoms with Crippen molar-refractivity contribution < 1.29 is 9.53 Å². The van der Waals surface area contributed by atoms with Gasteiger partial charge in [0.15, 0.2) is 0 Å². The number of methoxy groups -OCH3 is 1. The number of rotatable bonds is 4. The van der Waals surface area contributed by atoms with E-state index in [0.717, 1.165) is 30.0 Å². The van der Waals surface area contributed by atoms with Crippen LogP contribution in [0, 0.1) is 0 Å². The van der Waals surface area contributed by atoms with Crippen LogP contribution in [0.5, 0.6) is 5.75 Å². The van der Waals surface area contributed by atoms with Crippen molar-refractivity contribution in [1.82, 2.24) is 5.32 Å². The van der Waals surface area contributed by atoms with Gasteiger partial charge in [-0.25, -0.2) is 0 Å². The number of carbonyl (C=O) groups excluding carboxylic acids is 1. The number of amides is 1. The molecule has 2 N–H and O–H groups in total. The van der Waals surface area contributed by atoms with Gasteiger partial charge in [0, 0.05) is 18.7 Å². The van der Waals surface area contributed by atoms with Crippen LogP contribution >= 0.6 is 0 Å². The first-order valence-corrected chi connectivity index (χ1v) is 6.37. The van der Waals surface area contributed by atoms with Gasteiger partial charge in [0.1, 0.15) is 5.75 Å². The van der Waals surface area contributed by atoms with Crippen molar-refractivity contribution in [1.29, 1.82) is 0 Å². The molecule has 1 unspecified atom stereocenters. The molecule has 0 saturated carbocycles. The molecule has 98 valence electrons. The minimum absolute atomic E-state index is 0.0508. The monoisotopic (exact) mass is 248 g/mol. The van der Waals surface area contributed by atoms with Crippen molar-refractivity contribution in [2.24, 2.45) is 0 Å². The first-order valence-electron chi connectivity index (χ1n) is 6.37. The molecule has 1 aromatic rings. The molecule has 1 heterocycles. The van der Waals surface area contributed by atoms with Gasteiger partial charge in [0.2, 0.25) is 5.91 Å². The maximum absolute atomic E-state index is 11.1. The third-order valence-electron chi connectivity index (χ3n) is 3.23. The van der Waals surface area contributed by atoms with E-state index in [1.165, 1.54) is 19.8 Å². The number of benzene rings is 1. The number of hydrogen-bond acceptors (Lipinski definition) is 3. The first kappa shape index (κ1) is 12.9. The summed E-state index contributed by atoms with van der Waals surface area (Å²) < 4.78 is 5.38. The summed E-state index contributed by atoms with van der Waals surface area (Å²) in [7, 11) is 1.68. The molecule has 1 aromatic carbocycles. The molecule has 0 spiro atoms. The Bertz CT molecular complexity index is 426. The lowest BCUT2D eigenvalue weighted by Crippen LogP contribution is -2.23. The molecule has 4 nitrogen and oxygen atoms in total. The summed E-state index contributed by atoms with van der Waals surface area (Å²) in [5.74, 6) is 0.836. The van der Waals surface area contributed by atoms with Crippen molar-refractivity contribution in [2.45, 2.75) is 32.2 Å². The lowest BCUT2D eigenvalue weighted by Gasteiger charge is -2.15. The van der Waals surface area contributed by atoms with Gasteiger partial charge >= 0.3 is 0 Å². The second-order valence-electron chi connectivity index (χ2n) is 4.71. The molecule has 0 radical (unpaired) electrons. The highest BCUT2D eigenvalue weighted by atomic mass is 16.5. The lowest BCUT2D eigenvalue weighted by atomic mass is 10.0. The van der Waals surface area contributed by atoms with E-state index in [-0.39, 0.29) is 5.91 Å². The Balaban J connectivity index is 2.15. The number of carbonyl (C=O) groups is 1. The highest BCUT2D eigenvalue weighted by Crippen LogP contribution is 2.25. The summed E-state index contributed by atoms with van der Waals surface area (Å²) in [6.07, 6.45) is 3.38. The molecule has 1 aliphatic rings. The summed E-state index contributed by atoms with van der Waals surface area (Å²) >= 11 is 0. The largest absolute Gasteiger partial charge is 0.496 e. The summed E-state index contributed by atoms with van der Waals surface area (Å²) in [5.41, 5.74) is 1.97. The van der Waals surface area contributed by atoms with Crippen LogP contribution in [0.15, 0.2) is 18.2 Å². The topological polar surface area (TPSA) is 50.4 Å². The van der Waals surface area contributed by atoms with Crippen molar-refractivity contribution in [2.75, 3.05) is 19.0 Å². The van der Waals surface area contributed by atoms with Crippen molar-refractivity contribution >= 4 is 11.6 Å². The van der Waals surface area contributed by atoms with E-state index in [2.05, 4.69) is 10.6 Å². The average molecular weight is 248 g/mol. The highest BCUT2D eigenvalue weighted by Gasteiger charge is 2.16. The minimum Gasteiger partial charge on any atom is -0.496 e. The van der Waals surface area contributed by atoms with Crippen LogP contribution < -0.4 is 15.4 Å². The van der Waals surface area contributed by atoms with Crippen LogP contribution in [0.4, 0.5) is 5.69 Å². The van der Waals surface area contributed by atoms with E-state index in [1.54, 1.807) is 7.11 Å². The van der Waals surface area contributed by atoms with E-state index >= 15 is 0 Å². The van der Waals surface area contributed by atoms with Crippen molar-refractivity contribution in [3.63, 3.8) is 0 Å². The standard InChI is InChI=1S/C14H20N2O2/c1-10(17)16-13-5-6-14(18-2)11(9-13)8-12-4-3-7-15-12/h5-6,9,12,15H,3-4,7-8H2,1-2H3,(H,16,17). The van der Waals surface area contributed by atoms with Gasteiger partial charge in [-0.3, -0.25) is 4.79 Å². The molecule has 1 aliphatic heterocycles. The molecule has 0 aromatic heterocycles. The summed E-state index contributed by atoms with van der Waals surface area (Å²) in [6, 6.07) is 6.30. The predicted molar refractivity (Wildman–Crippen MR) is 72.0 cm³/mol. The Morgan fingerprint density at radius 2 is 2.39 bits per heavy atom. The van der Waals surface area contributed by atoms with E-state index in [0.29, 0.717) is 6.04 Å². The molecule has 1 amide bonds. The van der Waals surface area contributed by atoms with E-state index in [9.17, 15) is 4.79 Å². The van der Waals surface area contributed by atoms with Gasteiger partial charge < -0.3 is 15.4 Å². The molecule has 18 heavy (non-hydrogen) atoms. The molecule has 1 saturated heterocycles. The van der Waals surface area contributed by atoms with Crippen molar-refractivity contribution in [3.8, 4) is 5.75 Å². The second kappa shape index (κ2) is 5.87. The van der Waals surface area contributed by atoms with Gasteiger partial charge in [0.25, 0.3) is 0 Å². The Labute approximate surface area is 108 Å². The lowest BCUT2D eigenvalue weighted by molar-refractivity contribution is -0.114. The molecular formula is C14H20N2O2. The number of ether oxygens (including phenoxy) is 1. The van der Waals surface area contributed by atoms with Crippen LogP contribution in [0.1, 0.15) is 25.3 Å². The number of hydrogen-bond donors (Lipinski definition) is 2. The fourth-order valence-corrected chi connectivity index (χ4v) is 2.42. The number of anilines is 1. The number of nitrogens with one attached hydrogen (secondary N) is 2. The fraction of sp³-hybridized carbons (Fsp3) is 0.500. The van der Waals surface area contributed by atoms with Gasteiger partial charge in [-0.2, -0.15) is 0 Å². The third-order valence-corrected chi connectivity index (χ3v) is 3.23. The summed E-state index contributed by atoms with van der Waals surface area (Å²) in [4.78, 5) is 11.1. The van der Waals surface area contributed by atoms with E-state index in [4.69, 9.17) is 4.74 Å². The van der Waals surface area contributed by atoms with Crippen molar-refractivity contribution in [3.05, 3.63) is 23.8 Å². The van der Waals surface area contributed by atoms with Gasteiger partial charge in [-0.15, -0.1) is 0 Å². The molecule has 1 atom stereocenters. The Morgan fingerprint density at radius 1 is 1.56 bits per heavy atom. The second-order valence-corrected chi connectivity index (χ2v) is 4.71. The average Bonchev–Trinajstić information content (AvgIpc) is 2.81.